The van der Waals surface area contributed by atoms with E-state index < -0.39 is 0 Å². The number of rotatable bonds is 3. The molecule has 0 saturated heterocycles. The SMILES string of the molecule is Nc1cccc2c1cnn2OCc1ccccc1. The molecule has 0 spiro atoms. The van der Waals surface area contributed by atoms with Crippen LogP contribution in [0.3, 0.4) is 0 Å². The van der Waals surface area contributed by atoms with Crippen molar-refractivity contribution in [2.75, 3.05) is 5.73 Å². The molecule has 0 amide bonds. The molecule has 1 heterocycles. The molecule has 0 aliphatic heterocycles. The number of nitrogen functional groups attached to an aromatic ring is 1. The largest absolute Gasteiger partial charge is 0.398 e. The minimum atomic E-state index is 0.479. The monoisotopic (exact) mass is 239 g/mol. The molecule has 2 aromatic carbocycles. The lowest BCUT2D eigenvalue weighted by Gasteiger charge is -2.06. The van der Waals surface area contributed by atoms with Gasteiger partial charge in [-0.25, -0.2) is 0 Å². The van der Waals surface area contributed by atoms with Crippen LogP contribution in [-0.4, -0.2) is 9.94 Å². The molecule has 0 bridgehead atoms. The second-order valence-corrected chi connectivity index (χ2v) is 4.06. The lowest BCUT2D eigenvalue weighted by atomic mass is 10.2. The van der Waals surface area contributed by atoms with Crippen LogP contribution in [0, 0.1) is 0 Å². The quantitative estimate of drug-likeness (QED) is 0.713. The van der Waals surface area contributed by atoms with Gasteiger partial charge in [-0.2, -0.15) is 0 Å². The lowest BCUT2D eigenvalue weighted by molar-refractivity contribution is 0.0795. The van der Waals surface area contributed by atoms with Crippen molar-refractivity contribution < 1.29 is 4.84 Å². The molecule has 2 N–H and O–H groups in total. The maximum Gasteiger partial charge on any atom is 0.142 e. The fraction of sp³-hybridized carbons (Fsp3) is 0.0714. The minimum absolute atomic E-state index is 0.479. The fourth-order valence-corrected chi connectivity index (χ4v) is 1.86. The molecule has 0 aliphatic rings. The first-order chi connectivity index (χ1) is 8.84. The van der Waals surface area contributed by atoms with Gasteiger partial charge < -0.3 is 10.6 Å². The molecule has 18 heavy (non-hydrogen) atoms. The Morgan fingerprint density at radius 1 is 1.06 bits per heavy atom. The number of fused-ring (bicyclic) bond motifs is 1. The van der Waals surface area contributed by atoms with Gasteiger partial charge in [0.2, 0.25) is 0 Å². The van der Waals surface area contributed by atoms with Crippen molar-refractivity contribution in [1.82, 2.24) is 9.94 Å². The molecule has 4 nitrogen and oxygen atoms in total. The Morgan fingerprint density at radius 3 is 2.72 bits per heavy atom. The van der Waals surface area contributed by atoms with Gasteiger partial charge in [0.15, 0.2) is 0 Å². The highest BCUT2D eigenvalue weighted by Crippen LogP contribution is 2.19. The van der Waals surface area contributed by atoms with E-state index in [4.69, 9.17) is 10.6 Å². The highest BCUT2D eigenvalue weighted by Gasteiger charge is 2.05. The summed E-state index contributed by atoms with van der Waals surface area (Å²) in [6, 6.07) is 15.7. The van der Waals surface area contributed by atoms with Gasteiger partial charge in [0.1, 0.15) is 12.1 Å². The molecular weight excluding hydrogens is 226 g/mol. The number of nitrogens with zero attached hydrogens (tertiary/aromatic N) is 2. The van der Waals surface area contributed by atoms with E-state index in [9.17, 15) is 0 Å². The summed E-state index contributed by atoms with van der Waals surface area (Å²) in [6.07, 6.45) is 1.72. The van der Waals surface area contributed by atoms with Crippen LogP contribution in [0.4, 0.5) is 5.69 Å². The molecule has 1 aromatic heterocycles. The predicted octanol–water partition coefficient (Wildman–Crippen LogP) is 2.25. The maximum absolute atomic E-state index is 5.87. The predicted molar refractivity (Wildman–Crippen MR) is 70.9 cm³/mol. The Morgan fingerprint density at radius 2 is 1.89 bits per heavy atom. The number of aromatic nitrogens is 2. The molecule has 0 atom stereocenters. The molecule has 0 fully saturated rings. The third-order valence-electron chi connectivity index (χ3n) is 2.81. The van der Waals surface area contributed by atoms with E-state index in [0.717, 1.165) is 16.5 Å². The fourth-order valence-electron chi connectivity index (χ4n) is 1.86. The summed E-state index contributed by atoms with van der Waals surface area (Å²) in [5.74, 6) is 0. The third kappa shape index (κ3) is 1.88. The van der Waals surface area contributed by atoms with E-state index in [-0.39, 0.29) is 0 Å². The molecule has 3 rings (SSSR count). The van der Waals surface area contributed by atoms with Gasteiger partial charge in [-0.1, -0.05) is 41.2 Å². The first kappa shape index (κ1) is 10.7. The van der Waals surface area contributed by atoms with Gasteiger partial charge >= 0.3 is 0 Å². The van der Waals surface area contributed by atoms with Gasteiger partial charge in [0.05, 0.1) is 6.20 Å². The standard InChI is InChI=1S/C14H13N3O/c15-13-7-4-8-14-12(13)9-16-17(14)18-10-11-5-2-1-3-6-11/h1-9H,10,15H2. The average Bonchev–Trinajstić information content (AvgIpc) is 2.82. The minimum Gasteiger partial charge on any atom is -0.398 e. The zero-order chi connectivity index (χ0) is 12.4. The van der Waals surface area contributed by atoms with E-state index in [0.29, 0.717) is 12.3 Å². The van der Waals surface area contributed by atoms with E-state index in [1.54, 1.807) is 6.20 Å². The van der Waals surface area contributed by atoms with Crippen LogP contribution >= 0.6 is 0 Å². The molecule has 90 valence electrons. The highest BCUT2D eigenvalue weighted by atomic mass is 16.7. The van der Waals surface area contributed by atoms with E-state index in [1.165, 1.54) is 4.85 Å². The van der Waals surface area contributed by atoms with Crippen molar-refractivity contribution in [2.24, 2.45) is 0 Å². The van der Waals surface area contributed by atoms with Crippen molar-refractivity contribution >= 4 is 16.6 Å². The molecule has 3 aromatic rings. The summed E-state index contributed by atoms with van der Waals surface area (Å²) >= 11 is 0. The Kier molecular flexibility index (Phi) is 2.61. The highest BCUT2D eigenvalue weighted by molar-refractivity contribution is 5.89. The van der Waals surface area contributed by atoms with Crippen molar-refractivity contribution in [3.8, 4) is 0 Å². The number of benzene rings is 2. The molecule has 0 radical (unpaired) electrons. The lowest BCUT2D eigenvalue weighted by Crippen LogP contribution is -2.12. The number of anilines is 1. The summed E-state index contributed by atoms with van der Waals surface area (Å²) in [5.41, 5.74) is 8.56. The van der Waals surface area contributed by atoms with Gasteiger partial charge in [-0.05, 0) is 17.7 Å². The normalized spacial score (nSPS) is 10.7. The van der Waals surface area contributed by atoms with E-state index in [2.05, 4.69) is 5.10 Å². The Balaban J connectivity index is 1.85. The molecule has 0 aliphatic carbocycles. The van der Waals surface area contributed by atoms with Gasteiger partial charge in [0, 0.05) is 11.1 Å². The molecule has 4 heteroatoms. The first-order valence-electron chi connectivity index (χ1n) is 5.74. The summed E-state index contributed by atoms with van der Waals surface area (Å²) in [5, 5.41) is 5.09. The van der Waals surface area contributed by atoms with Crippen LogP contribution in [0.1, 0.15) is 5.56 Å². The summed E-state index contributed by atoms with van der Waals surface area (Å²) < 4.78 is 0. The van der Waals surface area contributed by atoms with Gasteiger partial charge in [0.25, 0.3) is 0 Å². The van der Waals surface area contributed by atoms with Crippen LogP contribution in [0.25, 0.3) is 10.9 Å². The summed E-state index contributed by atoms with van der Waals surface area (Å²) in [4.78, 5) is 7.16. The Bertz CT molecular complexity index is 661. The van der Waals surface area contributed by atoms with Crippen molar-refractivity contribution in [2.45, 2.75) is 6.61 Å². The molecule has 0 unspecified atom stereocenters. The van der Waals surface area contributed by atoms with Gasteiger partial charge in [-0.15, -0.1) is 5.10 Å². The smallest absolute Gasteiger partial charge is 0.142 e. The van der Waals surface area contributed by atoms with E-state index in [1.807, 2.05) is 48.5 Å². The average molecular weight is 239 g/mol. The molecular formula is C14H13N3O. The van der Waals surface area contributed by atoms with Crippen molar-refractivity contribution in [1.29, 1.82) is 0 Å². The number of hydrogen-bond donors (Lipinski definition) is 1. The first-order valence-corrected chi connectivity index (χ1v) is 5.74. The maximum atomic E-state index is 5.87. The van der Waals surface area contributed by atoms with Crippen LogP contribution in [0.15, 0.2) is 54.7 Å². The number of hydrogen-bond acceptors (Lipinski definition) is 3. The van der Waals surface area contributed by atoms with Crippen LogP contribution < -0.4 is 10.6 Å². The summed E-state index contributed by atoms with van der Waals surface area (Å²) in [7, 11) is 0. The Labute approximate surface area is 105 Å². The Hall–Kier alpha value is -2.49. The number of nitrogens with two attached hydrogens (primary N) is 1. The topological polar surface area (TPSA) is 53.1 Å². The van der Waals surface area contributed by atoms with E-state index >= 15 is 0 Å². The zero-order valence-corrected chi connectivity index (χ0v) is 9.78. The third-order valence-corrected chi connectivity index (χ3v) is 2.81. The van der Waals surface area contributed by atoms with Crippen LogP contribution in [-0.2, 0) is 6.61 Å². The zero-order valence-electron chi connectivity index (χ0n) is 9.78. The second-order valence-electron chi connectivity index (χ2n) is 4.06. The van der Waals surface area contributed by atoms with Crippen LogP contribution in [0.2, 0.25) is 0 Å². The van der Waals surface area contributed by atoms with Crippen molar-refractivity contribution in [3.63, 3.8) is 0 Å². The van der Waals surface area contributed by atoms with Gasteiger partial charge in [-0.3, -0.25) is 0 Å². The summed E-state index contributed by atoms with van der Waals surface area (Å²) in [6.45, 7) is 0.479. The molecule has 0 saturated carbocycles. The van der Waals surface area contributed by atoms with Crippen LogP contribution in [0.5, 0.6) is 0 Å². The van der Waals surface area contributed by atoms with Crippen molar-refractivity contribution in [3.05, 3.63) is 60.3 Å². The second kappa shape index (κ2) is 4.41.